The van der Waals surface area contributed by atoms with Crippen LogP contribution in [0.3, 0.4) is 0 Å². The van der Waals surface area contributed by atoms with E-state index < -0.39 is 12.1 Å². The van der Waals surface area contributed by atoms with Gasteiger partial charge in [0.15, 0.2) is 0 Å². The molecule has 0 saturated heterocycles. The summed E-state index contributed by atoms with van der Waals surface area (Å²) in [5.41, 5.74) is 0. The third-order valence-electron chi connectivity index (χ3n) is 2.49. The monoisotopic (exact) mass is 326 g/mol. The molecule has 19 heavy (non-hydrogen) atoms. The predicted molar refractivity (Wildman–Crippen MR) is 70.1 cm³/mol. The van der Waals surface area contributed by atoms with E-state index in [1.54, 1.807) is 0 Å². The minimum Gasteiger partial charge on any atom is -0.481 e. The largest absolute Gasteiger partial charge is 0.503 e. The van der Waals surface area contributed by atoms with Gasteiger partial charge in [0, 0.05) is 25.9 Å². The van der Waals surface area contributed by atoms with Gasteiger partial charge in [0.25, 0.3) is 0 Å². The predicted octanol–water partition coefficient (Wildman–Crippen LogP) is 4.21. The number of carboxylic acids is 1. The molecule has 0 fully saturated rings. The molecule has 3 N–H and O–H groups in total. The number of hydrogen-bond acceptors (Lipinski definition) is 2. The maximum atomic E-state index is 10.2. The van der Waals surface area contributed by atoms with E-state index in [1.165, 1.54) is 44.9 Å². The number of rotatable bonds is 10. The smallest absolute Gasteiger partial charge is 0.481 e. The Balaban J connectivity index is -0.000000448. The Hall–Kier alpha value is -0.637. The fourth-order valence-electron chi connectivity index (χ4n) is 1.59. The van der Waals surface area contributed by atoms with E-state index in [-0.39, 0.29) is 19.5 Å². The van der Waals surface area contributed by atoms with Gasteiger partial charge in [-0.3, -0.25) is 4.79 Å². The Kier molecular flexibility index (Phi) is 24.3. The summed E-state index contributed by atoms with van der Waals surface area (Å²) in [7, 11) is 0. The van der Waals surface area contributed by atoms with E-state index in [0.29, 0.717) is 6.42 Å². The van der Waals surface area contributed by atoms with Gasteiger partial charge in [0.2, 0.25) is 0 Å². The Bertz CT molecular complexity index is 205. The summed E-state index contributed by atoms with van der Waals surface area (Å²) in [5, 5.41) is 22.4. The minimum absolute atomic E-state index is 0. The van der Waals surface area contributed by atoms with Gasteiger partial charge in [-0.2, -0.15) is 0 Å². The fraction of sp³-hybridized carbons (Fsp3) is 0.846. The molecule has 0 radical (unpaired) electrons. The summed E-state index contributed by atoms with van der Waals surface area (Å²) in [6.45, 7) is 2.23. The summed E-state index contributed by atoms with van der Waals surface area (Å²) < 4.78 is 0. The SMILES string of the molecule is CCCCCCCCCCCC(=O)O.O=C(O)O.[Zn]. The van der Waals surface area contributed by atoms with Gasteiger partial charge in [-0.25, -0.2) is 4.79 Å². The van der Waals surface area contributed by atoms with Crippen LogP contribution in [0.2, 0.25) is 0 Å². The zero-order chi connectivity index (χ0) is 14.2. The van der Waals surface area contributed by atoms with Crippen molar-refractivity contribution >= 4 is 12.1 Å². The molecule has 0 aromatic carbocycles. The maximum Gasteiger partial charge on any atom is 0.503 e. The van der Waals surface area contributed by atoms with Crippen molar-refractivity contribution in [3.05, 3.63) is 0 Å². The summed E-state index contributed by atoms with van der Waals surface area (Å²) in [4.78, 5) is 18.8. The van der Waals surface area contributed by atoms with Crippen LogP contribution in [-0.4, -0.2) is 27.4 Å². The van der Waals surface area contributed by atoms with Crippen LogP contribution in [0.15, 0.2) is 0 Å². The molecule has 110 valence electrons. The molecule has 0 rings (SSSR count). The van der Waals surface area contributed by atoms with Crippen molar-refractivity contribution in [2.24, 2.45) is 0 Å². The van der Waals surface area contributed by atoms with E-state index in [1.807, 2.05) is 0 Å². The summed E-state index contributed by atoms with van der Waals surface area (Å²) >= 11 is 0. The molecule has 6 heteroatoms. The van der Waals surface area contributed by atoms with E-state index in [4.69, 9.17) is 20.1 Å². The Morgan fingerprint density at radius 2 is 1.05 bits per heavy atom. The standard InChI is InChI=1S/C12H24O2.CH2O3.Zn/c1-2-3-4-5-6-7-8-9-10-11-12(13)14;2-1(3)4;/h2-11H2,1H3,(H,13,14);(H2,2,3,4);. The zero-order valence-electron chi connectivity index (χ0n) is 11.9. The van der Waals surface area contributed by atoms with Gasteiger partial charge in [-0.15, -0.1) is 0 Å². The van der Waals surface area contributed by atoms with Crippen molar-refractivity contribution in [2.45, 2.75) is 71.1 Å². The Morgan fingerprint density at radius 3 is 1.37 bits per heavy atom. The van der Waals surface area contributed by atoms with Crippen LogP contribution in [0.5, 0.6) is 0 Å². The molecular weight excluding hydrogens is 302 g/mol. The van der Waals surface area contributed by atoms with E-state index >= 15 is 0 Å². The maximum absolute atomic E-state index is 10.2. The van der Waals surface area contributed by atoms with E-state index in [2.05, 4.69) is 6.92 Å². The first-order chi connectivity index (χ1) is 8.50. The molecule has 0 aromatic heterocycles. The number of hydrogen-bond donors (Lipinski definition) is 3. The van der Waals surface area contributed by atoms with E-state index in [9.17, 15) is 4.79 Å². The Morgan fingerprint density at radius 1 is 0.737 bits per heavy atom. The first-order valence-electron chi connectivity index (χ1n) is 6.64. The van der Waals surface area contributed by atoms with Gasteiger partial charge < -0.3 is 15.3 Å². The van der Waals surface area contributed by atoms with Crippen LogP contribution in [0.1, 0.15) is 71.1 Å². The summed E-state index contributed by atoms with van der Waals surface area (Å²) in [6.07, 6.45) is 9.64. The molecule has 0 amide bonds. The molecule has 0 heterocycles. The molecule has 0 aliphatic heterocycles. The molecular formula is C13H26O5Zn. The molecule has 0 unspecified atom stereocenters. The topological polar surface area (TPSA) is 94.8 Å². The van der Waals surface area contributed by atoms with Gasteiger partial charge in [0.05, 0.1) is 0 Å². The van der Waals surface area contributed by atoms with Crippen molar-refractivity contribution < 1.29 is 44.4 Å². The normalized spacial score (nSPS) is 8.89. The second-order valence-corrected chi connectivity index (χ2v) is 4.25. The number of carbonyl (C=O) groups is 2. The van der Waals surface area contributed by atoms with Crippen LogP contribution < -0.4 is 0 Å². The van der Waals surface area contributed by atoms with Gasteiger partial charge in [0.1, 0.15) is 0 Å². The number of unbranched alkanes of at least 4 members (excludes halogenated alkanes) is 8. The van der Waals surface area contributed by atoms with Crippen LogP contribution in [0.25, 0.3) is 0 Å². The van der Waals surface area contributed by atoms with Crippen LogP contribution in [-0.2, 0) is 24.3 Å². The van der Waals surface area contributed by atoms with Gasteiger partial charge in [-0.05, 0) is 6.42 Å². The molecule has 0 saturated carbocycles. The van der Waals surface area contributed by atoms with Gasteiger partial charge >= 0.3 is 12.1 Å². The molecule has 0 aromatic rings. The summed E-state index contributed by atoms with van der Waals surface area (Å²) in [6, 6.07) is 0. The van der Waals surface area contributed by atoms with Crippen LogP contribution >= 0.6 is 0 Å². The van der Waals surface area contributed by atoms with Crippen molar-refractivity contribution in [3.8, 4) is 0 Å². The fourth-order valence-corrected chi connectivity index (χ4v) is 1.59. The van der Waals surface area contributed by atoms with Crippen LogP contribution in [0, 0.1) is 0 Å². The zero-order valence-corrected chi connectivity index (χ0v) is 14.9. The molecule has 0 bridgehead atoms. The van der Waals surface area contributed by atoms with Crippen molar-refractivity contribution in [3.63, 3.8) is 0 Å². The molecule has 0 aliphatic carbocycles. The second kappa shape index (κ2) is 19.7. The molecule has 0 atom stereocenters. The minimum atomic E-state index is -1.83. The number of carboxylic acid groups (broad SMARTS) is 3. The van der Waals surface area contributed by atoms with Crippen molar-refractivity contribution in [2.75, 3.05) is 0 Å². The number of aliphatic carboxylic acids is 1. The third kappa shape index (κ3) is 38.2. The third-order valence-corrected chi connectivity index (χ3v) is 2.49. The second-order valence-electron chi connectivity index (χ2n) is 4.25. The quantitative estimate of drug-likeness (QED) is 0.412. The average Bonchev–Trinajstić information content (AvgIpc) is 2.26. The molecule has 0 spiro atoms. The first kappa shape index (κ1) is 23.5. The van der Waals surface area contributed by atoms with Crippen molar-refractivity contribution in [1.29, 1.82) is 0 Å². The molecule has 5 nitrogen and oxygen atoms in total. The van der Waals surface area contributed by atoms with Crippen LogP contribution in [0.4, 0.5) is 4.79 Å². The Labute approximate surface area is 128 Å². The van der Waals surface area contributed by atoms with E-state index in [0.717, 1.165) is 12.8 Å². The first-order valence-corrected chi connectivity index (χ1v) is 6.64. The van der Waals surface area contributed by atoms with Gasteiger partial charge in [-0.1, -0.05) is 58.3 Å². The van der Waals surface area contributed by atoms with Crippen molar-refractivity contribution in [1.82, 2.24) is 0 Å². The molecule has 0 aliphatic rings. The summed E-state index contributed by atoms with van der Waals surface area (Å²) in [5.74, 6) is -0.659. The average molecular weight is 328 g/mol.